The lowest BCUT2D eigenvalue weighted by Crippen LogP contribution is -2.27. The summed E-state index contributed by atoms with van der Waals surface area (Å²) in [6.45, 7) is 3.21. The van der Waals surface area contributed by atoms with Gasteiger partial charge in [-0.25, -0.2) is 0 Å². The topological polar surface area (TPSA) is 37.8 Å². The van der Waals surface area contributed by atoms with Gasteiger partial charge >= 0.3 is 0 Å². The molecule has 0 aliphatic heterocycles. The molecule has 1 saturated carbocycles. The minimum absolute atomic E-state index is 0.365. The summed E-state index contributed by atoms with van der Waals surface area (Å²) >= 11 is 11.6. The maximum atomic E-state index is 5.87. The van der Waals surface area contributed by atoms with Crippen molar-refractivity contribution in [2.45, 2.75) is 19.8 Å². The van der Waals surface area contributed by atoms with E-state index in [-0.39, 0.29) is 0 Å². The van der Waals surface area contributed by atoms with E-state index in [9.17, 15) is 0 Å². The fourth-order valence-corrected chi connectivity index (χ4v) is 2.27. The second-order valence-corrected chi connectivity index (χ2v) is 4.94. The third-order valence-electron chi connectivity index (χ3n) is 2.77. The van der Waals surface area contributed by atoms with Gasteiger partial charge < -0.3 is 5.32 Å². The molecule has 0 atom stereocenters. The number of halogens is 2. The molecule has 0 radical (unpaired) electrons. The van der Waals surface area contributed by atoms with E-state index in [4.69, 9.17) is 23.2 Å². The van der Waals surface area contributed by atoms with Crippen LogP contribution in [0, 0.1) is 11.8 Å². The number of hydrogen-bond donors (Lipinski definition) is 1. The summed E-state index contributed by atoms with van der Waals surface area (Å²) in [5, 5.41) is 11.4. The molecular formula is C10H13Cl2N3. The predicted octanol–water partition coefficient (Wildman–Crippen LogP) is 3.24. The highest BCUT2D eigenvalue weighted by molar-refractivity contribution is 6.33. The fourth-order valence-electron chi connectivity index (χ4n) is 1.97. The first-order chi connectivity index (χ1) is 7.15. The Hall–Kier alpha value is -0.540. The second kappa shape index (κ2) is 4.54. The highest BCUT2D eigenvalue weighted by atomic mass is 35.5. The van der Waals surface area contributed by atoms with E-state index in [1.807, 2.05) is 0 Å². The summed E-state index contributed by atoms with van der Waals surface area (Å²) in [5.41, 5.74) is 0.774. The zero-order valence-electron chi connectivity index (χ0n) is 8.50. The van der Waals surface area contributed by atoms with Crippen molar-refractivity contribution in [1.82, 2.24) is 10.2 Å². The van der Waals surface area contributed by atoms with Gasteiger partial charge in [0.05, 0.1) is 5.69 Å². The molecule has 1 aromatic heterocycles. The van der Waals surface area contributed by atoms with E-state index in [1.54, 1.807) is 6.07 Å². The first-order valence-corrected chi connectivity index (χ1v) is 5.83. The normalized spacial score (nSPS) is 24.7. The lowest BCUT2D eigenvalue weighted by Gasteiger charge is -2.32. The zero-order valence-corrected chi connectivity index (χ0v) is 10.0. The lowest BCUT2D eigenvalue weighted by atomic mass is 9.76. The predicted molar refractivity (Wildman–Crippen MR) is 62.4 cm³/mol. The Bertz CT molecular complexity index is 351. The number of anilines is 1. The standard InChI is InChI=1S/C10H13Cl2N3/c1-6-2-7(3-6)5-13-8-4-9(11)14-15-10(8)12/h4,6-7H,2-3,5H2,1H3,(H,13,14). The molecule has 0 aromatic carbocycles. The van der Waals surface area contributed by atoms with E-state index >= 15 is 0 Å². The molecule has 1 aliphatic rings. The number of nitrogens with zero attached hydrogens (tertiary/aromatic N) is 2. The van der Waals surface area contributed by atoms with Gasteiger partial charge in [0.25, 0.3) is 0 Å². The molecule has 82 valence electrons. The maximum absolute atomic E-state index is 5.87. The molecule has 1 fully saturated rings. The Balaban J connectivity index is 1.90. The van der Waals surface area contributed by atoms with Crippen molar-refractivity contribution in [3.8, 4) is 0 Å². The van der Waals surface area contributed by atoms with Crippen LogP contribution in [-0.2, 0) is 0 Å². The minimum atomic E-state index is 0.365. The number of nitrogens with one attached hydrogen (secondary N) is 1. The first-order valence-electron chi connectivity index (χ1n) is 5.07. The summed E-state index contributed by atoms with van der Waals surface area (Å²) in [4.78, 5) is 0. The molecule has 0 bridgehead atoms. The van der Waals surface area contributed by atoms with Crippen LogP contribution < -0.4 is 5.32 Å². The van der Waals surface area contributed by atoms with Crippen LogP contribution in [0.2, 0.25) is 10.3 Å². The van der Waals surface area contributed by atoms with Crippen LogP contribution in [0.15, 0.2) is 6.07 Å². The van der Waals surface area contributed by atoms with Crippen LogP contribution in [0.25, 0.3) is 0 Å². The lowest BCUT2D eigenvalue weighted by molar-refractivity contribution is 0.225. The van der Waals surface area contributed by atoms with Crippen molar-refractivity contribution >= 4 is 28.9 Å². The Labute approximate surface area is 99.2 Å². The zero-order chi connectivity index (χ0) is 10.8. The van der Waals surface area contributed by atoms with Crippen molar-refractivity contribution in [1.29, 1.82) is 0 Å². The molecule has 1 heterocycles. The minimum Gasteiger partial charge on any atom is -0.382 e. The quantitative estimate of drug-likeness (QED) is 0.889. The monoisotopic (exact) mass is 245 g/mol. The Morgan fingerprint density at radius 1 is 1.40 bits per heavy atom. The van der Waals surface area contributed by atoms with E-state index in [1.165, 1.54) is 12.8 Å². The van der Waals surface area contributed by atoms with Gasteiger partial charge in [0.2, 0.25) is 0 Å². The molecular weight excluding hydrogens is 233 g/mol. The molecule has 0 unspecified atom stereocenters. The largest absolute Gasteiger partial charge is 0.382 e. The number of rotatable bonds is 3. The van der Waals surface area contributed by atoms with E-state index in [2.05, 4.69) is 22.4 Å². The Kier molecular flexibility index (Phi) is 3.32. The Morgan fingerprint density at radius 3 is 2.80 bits per heavy atom. The van der Waals surface area contributed by atoms with Gasteiger partial charge in [-0.2, -0.15) is 0 Å². The van der Waals surface area contributed by atoms with Crippen molar-refractivity contribution in [3.05, 3.63) is 16.4 Å². The van der Waals surface area contributed by atoms with Crippen LogP contribution in [0.5, 0.6) is 0 Å². The van der Waals surface area contributed by atoms with E-state index in [0.717, 1.165) is 24.1 Å². The van der Waals surface area contributed by atoms with Crippen LogP contribution >= 0.6 is 23.2 Å². The molecule has 0 saturated heterocycles. The van der Waals surface area contributed by atoms with Crippen molar-refractivity contribution in [2.24, 2.45) is 11.8 Å². The highest BCUT2D eigenvalue weighted by Gasteiger charge is 2.24. The maximum Gasteiger partial charge on any atom is 0.174 e. The molecule has 3 nitrogen and oxygen atoms in total. The summed E-state index contributed by atoms with van der Waals surface area (Å²) in [6.07, 6.45) is 2.58. The third-order valence-corrected chi connectivity index (χ3v) is 3.24. The van der Waals surface area contributed by atoms with Crippen molar-refractivity contribution in [2.75, 3.05) is 11.9 Å². The van der Waals surface area contributed by atoms with Crippen molar-refractivity contribution < 1.29 is 0 Å². The average Bonchev–Trinajstić information content (AvgIpc) is 2.16. The molecule has 5 heteroatoms. The molecule has 0 amide bonds. The SMILES string of the molecule is CC1CC(CNc2cc(Cl)nnc2Cl)C1. The van der Waals surface area contributed by atoms with E-state index < -0.39 is 0 Å². The van der Waals surface area contributed by atoms with Gasteiger partial charge in [0.1, 0.15) is 0 Å². The first kappa shape index (κ1) is 11.0. The van der Waals surface area contributed by atoms with Gasteiger partial charge in [0, 0.05) is 12.6 Å². The molecule has 0 spiro atoms. The van der Waals surface area contributed by atoms with Gasteiger partial charge in [0.15, 0.2) is 10.3 Å². The van der Waals surface area contributed by atoms with Crippen LogP contribution in [0.1, 0.15) is 19.8 Å². The van der Waals surface area contributed by atoms with Gasteiger partial charge in [-0.15, -0.1) is 10.2 Å². The fraction of sp³-hybridized carbons (Fsp3) is 0.600. The van der Waals surface area contributed by atoms with Crippen molar-refractivity contribution in [3.63, 3.8) is 0 Å². The van der Waals surface area contributed by atoms with Crippen LogP contribution in [0.3, 0.4) is 0 Å². The molecule has 15 heavy (non-hydrogen) atoms. The van der Waals surface area contributed by atoms with Gasteiger partial charge in [-0.05, 0) is 24.7 Å². The molecule has 1 aliphatic carbocycles. The van der Waals surface area contributed by atoms with Crippen LogP contribution in [0.4, 0.5) is 5.69 Å². The smallest absolute Gasteiger partial charge is 0.174 e. The van der Waals surface area contributed by atoms with E-state index in [0.29, 0.717) is 10.3 Å². The summed E-state index contributed by atoms with van der Waals surface area (Å²) in [7, 11) is 0. The summed E-state index contributed by atoms with van der Waals surface area (Å²) < 4.78 is 0. The van der Waals surface area contributed by atoms with Gasteiger partial charge in [-0.1, -0.05) is 30.1 Å². The number of hydrogen-bond acceptors (Lipinski definition) is 3. The molecule has 2 rings (SSSR count). The highest BCUT2D eigenvalue weighted by Crippen LogP contribution is 2.33. The second-order valence-electron chi connectivity index (χ2n) is 4.20. The molecule has 1 N–H and O–H groups in total. The Morgan fingerprint density at radius 2 is 2.13 bits per heavy atom. The number of aromatic nitrogens is 2. The summed E-state index contributed by atoms with van der Waals surface area (Å²) in [6, 6.07) is 1.71. The molecule has 1 aromatic rings. The summed E-state index contributed by atoms with van der Waals surface area (Å²) in [5.74, 6) is 1.62. The van der Waals surface area contributed by atoms with Gasteiger partial charge in [-0.3, -0.25) is 0 Å². The third kappa shape index (κ3) is 2.73. The average molecular weight is 246 g/mol. The van der Waals surface area contributed by atoms with Crippen LogP contribution in [-0.4, -0.2) is 16.7 Å².